The first-order valence-corrected chi connectivity index (χ1v) is 11.6. The van der Waals surface area contributed by atoms with Gasteiger partial charge in [-0.05, 0) is 37.3 Å². The van der Waals surface area contributed by atoms with Crippen molar-refractivity contribution in [3.8, 4) is 16.9 Å². The van der Waals surface area contributed by atoms with E-state index < -0.39 is 0 Å². The summed E-state index contributed by atoms with van der Waals surface area (Å²) >= 11 is 0. The Morgan fingerprint density at radius 1 is 0.944 bits per heavy atom. The number of rotatable bonds is 6. The smallest absolute Gasteiger partial charge is 0.259 e. The van der Waals surface area contributed by atoms with Gasteiger partial charge in [-0.15, -0.1) is 0 Å². The van der Waals surface area contributed by atoms with E-state index in [1.165, 1.54) is 0 Å². The Kier molecular flexibility index (Phi) is 5.38. The Bertz CT molecular complexity index is 1640. The van der Waals surface area contributed by atoms with Crippen LogP contribution < -0.4 is 5.32 Å². The monoisotopic (exact) mass is 473 g/mol. The summed E-state index contributed by atoms with van der Waals surface area (Å²) in [5.74, 6) is -0.249. The van der Waals surface area contributed by atoms with Crippen LogP contribution >= 0.6 is 0 Å². The predicted octanol–water partition coefficient (Wildman–Crippen LogP) is 4.99. The molecule has 36 heavy (non-hydrogen) atoms. The number of benzene rings is 2. The summed E-state index contributed by atoms with van der Waals surface area (Å²) in [5, 5.41) is 12.1. The standard InChI is InChI=1S/C28H23N7O/c1-20-8-7-9-21(14-20)27-25(19-35(32-27)24-10-3-2-4-11-24)28(36)31-22-15-29-34(17-22)18-23-16-33-13-6-5-12-26(33)30-23/h2-17,19H,18H2,1H3,(H,31,36). The zero-order valence-electron chi connectivity index (χ0n) is 19.6. The summed E-state index contributed by atoms with van der Waals surface area (Å²) in [4.78, 5) is 18.0. The highest BCUT2D eigenvalue weighted by Crippen LogP contribution is 2.25. The van der Waals surface area contributed by atoms with Gasteiger partial charge in [-0.2, -0.15) is 10.2 Å². The second kappa shape index (κ2) is 8.99. The molecule has 0 bridgehead atoms. The lowest BCUT2D eigenvalue weighted by Gasteiger charge is -2.04. The molecule has 0 fully saturated rings. The van der Waals surface area contributed by atoms with Gasteiger partial charge in [-0.3, -0.25) is 9.48 Å². The van der Waals surface area contributed by atoms with Crippen LogP contribution in [-0.2, 0) is 6.54 Å². The summed E-state index contributed by atoms with van der Waals surface area (Å²) in [6, 6.07) is 23.6. The maximum absolute atomic E-state index is 13.4. The SMILES string of the molecule is Cc1cccc(-c2nn(-c3ccccc3)cc2C(=O)Nc2cnn(Cc3cn4ccccc4n3)c2)c1. The van der Waals surface area contributed by atoms with E-state index in [1.54, 1.807) is 28.0 Å². The first-order valence-electron chi connectivity index (χ1n) is 11.6. The van der Waals surface area contributed by atoms with Gasteiger partial charge in [0.15, 0.2) is 0 Å². The highest BCUT2D eigenvalue weighted by atomic mass is 16.1. The molecule has 4 aromatic heterocycles. The molecule has 0 atom stereocenters. The molecule has 0 spiro atoms. The molecule has 8 heteroatoms. The molecule has 0 saturated carbocycles. The summed E-state index contributed by atoms with van der Waals surface area (Å²) in [6.07, 6.45) is 9.14. The van der Waals surface area contributed by atoms with Gasteiger partial charge in [0.05, 0.1) is 35.4 Å². The van der Waals surface area contributed by atoms with Crippen LogP contribution in [0.1, 0.15) is 21.6 Å². The molecule has 2 aromatic carbocycles. The molecule has 0 unspecified atom stereocenters. The van der Waals surface area contributed by atoms with Crippen LogP contribution in [0.15, 0.2) is 104 Å². The Morgan fingerprint density at radius 3 is 2.64 bits per heavy atom. The second-order valence-corrected chi connectivity index (χ2v) is 8.62. The zero-order valence-corrected chi connectivity index (χ0v) is 19.6. The van der Waals surface area contributed by atoms with Crippen LogP contribution in [0.3, 0.4) is 0 Å². The summed E-state index contributed by atoms with van der Waals surface area (Å²) in [7, 11) is 0. The van der Waals surface area contributed by atoms with Crippen LogP contribution in [0.5, 0.6) is 0 Å². The molecule has 0 saturated heterocycles. The Balaban J connectivity index is 1.27. The number of amides is 1. The van der Waals surface area contributed by atoms with E-state index in [1.807, 2.05) is 96.5 Å². The molecular weight excluding hydrogens is 450 g/mol. The minimum Gasteiger partial charge on any atom is -0.319 e. The number of aryl methyl sites for hydroxylation is 1. The molecule has 6 rings (SSSR count). The number of fused-ring (bicyclic) bond motifs is 1. The number of carbonyl (C=O) groups is 1. The molecule has 1 N–H and O–H groups in total. The van der Waals surface area contributed by atoms with Crippen LogP contribution in [0.2, 0.25) is 0 Å². The van der Waals surface area contributed by atoms with Gasteiger partial charge >= 0.3 is 0 Å². The number of imidazole rings is 1. The summed E-state index contributed by atoms with van der Waals surface area (Å²) in [5.41, 5.74) is 6.34. The lowest BCUT2D eigenvalue weighted by atomic mass is 10.1. The average Bonchev–Trinajstić information content (AvgIpc) is 3.63. The van der Waals surface area contributed by atoms with Gasteiger partial charge in [0.2, 0.25) is 0 Å². The van der Waals surface area contributed by atoms with Crippen molar-refractivity contribution >= 4 is 17.2 Å². The fraction of sp³-hybridized carbons (Fsp3) is 0.0714. The van der Waals surface area contributed by atoms with E-state index >= 15 is 0 Å². The number of nitrogens with one attached hydrogen (secondary N) is 1. The quantitative estimate of drug-likeness (QED) is 0.369. The Labute approximate surface area is 207 Å². The van der Waals surface area contributed by atoms with Gasteiger partial charge in [0, 0.05) is 30.4 Å². The average molecular weight is 474 g/mol. The lowest BCUT2D eigenvalue weighted by molar-refractivity contribution is 0.102. The van der Waals surface area contributed by atoms with E-state index in [0.29, 0.717) is 23.5 Å². The van der Waals surface area contributed by atoms with E-state index in [-0.39, 0.29) is 5.91 Å². The van der Waals surface area contributed by atoms with Gasteiger partial charge < -0.3 is 9.72 Å². The Hall–Kier alpha value is -4.98. The van der Waals surface area contributed by atoms with Crippen LogP contribution in [-0.4, -0.2) is 34.9 Å². The molecule has 1 amide bonds. The third-order valence-corrected chi connectivity index (χ3v) is 5.90. The summed E-state index contributed by atoms with van der Waals surface area (Å²) in [6.45, 7) is 2.52. The normalized spacial score (nSPS) is 11.1. The molecule has 0 aliphatic carbocycles. The van der Waals surface area contributed by atoms with Crippen LogP contribution in [0, 0.1) is 6.92 Å². The molecule has 0 aliphatic heterocycles. The molecule has 6 aromatic rings. The molecule has 0 aliphatic rings. The zero-order chi connectivity index (χ0) is 24.5. The predicted molar refractivity (Wildman–Crippen MR) is 138 cm³/mol. The third kappa shape index (κ3) is 4.27. The van der Waals surface area contributed by atoms with Crippen LogP contribution in [0.4, 0.5) is 5.69 Å². The number of hydrogen-bond donors (Lipinski definition) is 1. The maximum Gasteiger partial charge on any atom is 0.259 e. The van der Waals surface area contributed by atoms with E-state index in [2.05, 4.69) is 15.4 Å². The number of para-hydroxylation sites is 1. The molecule has 176 valence electrons. The number of nitrogens with zero attached hydrogens (tertiary/aromatic N) is 6. The minimum atomic E-state index is -0.249. The van der Waals surface area contributed by atoms with Gasteiger partial charge in [-0.25, -0.2) is 9.67 Å². The molecule has 0 radical (unpaired) electrons. The fourth-order valence-corrected chi connectivity index (χ4v) is 4.20. The van der Waals surface area contributed by atoms with Gasteiger partial charge in [0.1, 0.15) is 11.3 Å². The van der Waals surface area contributed by atoms with Crippen molar-refractivity contribution in [2.24, 2.45) is 0 Å². The number of anilines is 1. The van der Waals surface area contributed by atoms with Crippen molar-refractivity contribution in [2.45, 2.75) is 13.5 Å². The van der Waals surface area contributed by atoms with Crippen molar-refractivity contribution in [1.82, 2.24) is 28.9 Å². The highest BCUT2D eigenvalue weighted by molar-refractivity contribution is 6.08. The summed E-state index contributed by atoms with van der Waals surface area (Å²) < 4.78 is 5.46. The van der Waals surface area contributed by atoms with Crippen molar-refractivity contribution in [3.05, 3.63) is 121 Å². The third-order valence-electron chi connectivity index (χ3n) is 5.90. The first-order chi connectivity index (χ1) is 17.6. The first kappa shape index (κ1) is 21.5. The van der Waals surface area contributed by atoms with Crippen LogP contribution in [0.25, 0.3) is 22.6 Å². The second-order valence-electron chi connectivity index (χ2n) is 8.62. The largest absolute Gasteiger partial charge is 0.319 e. The number of aromatic nitrogens is 6. The number of hydrogen-bond acceptors (Lipinski definition) is 4. The van der Waals surface area contributed by atoms with Gasteiger partial charge in [0.25, 0.3) is 5.91 Å². The van der Waals surface area contributed by atoms with E-state index in [4.69, 9.17) is 5.10 Å². The fourth-order valence-electron chi connectivity index (χ4n) is 4.20. The number of pyridine rings is 1. The van der Waals surface area contributed by atoms with E-state index in [0.717, 1.165) is 28.2 Å². The molecule has 4 heterocycles. The number of carbonyl (C=O) groups excluding carboxylic acids is 1. The van der Waals surface area contributed by atoms with Crippen molar-refractivity contribution in [2.75, 3.05) is 5.32 Å². The van der Waals surface area contributed by atoms with Crippen molar-refractivity contribution in [1.29, 1.82) is 0 Å². The molecular formula is C28H23N7O. The van der Waals surface area contributed by atoms with E-state index in [9.17, 15) is 4.79 Å². The topological polar surface area (TPSA) is 82.0 Å². The maximum atomic E-state index is 13.4. The lowest BCUT2D eigenvalue weighted by Crippen LogP contribution is -2.12. The van der Waals surface area contributed by atoms with Gasteiger partial charge in [-0.1, -0.05) is 48.0 Å². The highest BCUT2D eigenvalue weighted by Gasteiger charge is 2.19. The Morgan fingerprint density at radius 2 is 1.81 bits per heavy atom. The minimum absolute atomic E-state index is 0.249. The molecule has 8 nitrogen and oxygen atoms in total. The van der Waals surface area contributed by atoms with Crippen molar-refractivity contribution in [3.63, 3.8) is 0 Å². The van der Waals surface area contributed by atoms with Crippen molar-refractivity contribution < 1.29 is 4.79 Å².